The van der Waals surface area contributed by atoms with Gasteiger partial charge in [-0.25, -0.2) is 0 Å². The summed E-state index contributed by atoms with van der Waals surface area (Å²) in [4.78, 5) is 11.8. The highest BCUT2D eigenvalue weighted by atomic mass is 16.5. The van der Waals surface area contributed by atoms with E-state index in [9.17, 15) is 4.79 Å². The Balaban J connectivity index is 2.23. The first kappa shape index (κ1) is 18.5. The number of rotatable bonds is 11. The molecule has 124 valence electrons. The second-order valence-corrected chi connectivity index (χ2v) is 5.19. The van der Waals surface area contributed by atoms with Crippen LogP contribution in [0.25, 0.3) is 0 Å². The molecular weight excluding hydrogens is 282 g/mol. The molecule has 0 heterocycles. The maximum atomic E-state index is 11.8. The number of nitrogens with one attached hydrogen (secondary N) is 1. The number of aliphatic hydroxyl groups is 1. The van der Waals surface area contributed by atoms with Gasteiger partial charge in [-0.05, 0) is 44.0 Å². The summed E-state index contributed by atoms with van der Waals surface area (Å²) < 4.78 is 11.0. The first-order chi connectivity index (χ1) is 10.7. The topological polar surface area (TPSA) is 67.8 Å². The molecule has 1 rings (SSSR count). The van der Waals surface area contributed by atoms with Gasteiger partial charge < -0.3 is 19.9 Å². The molecule has 0 aliphatic carbocycles. The minimum absolute atomic E-state index is 0.0123. The quantitative estimate of drug-likeness (QED) is 0.617. The van der Waals surface area contributed by atoms with Gasteiger partial charge in [0.15, 0.2) is 0 Å². The second kappa shape index (κ2) is 11.0. The van der Waals surface area contributed by atoms with Crippen molar-refractivity contribution in [2.75, 3.05) is 25.1 Å². The van der Waals surface area contributed by atoms with E-state index in [-0.39, 0.29) is 18.6 Å². The largest absolute Gasteiger partial charge is 0.494 e. The SMILES string of the molecule is CCC(C)OCCCC(=O)Nc1ccc(OCCCO)cc1. The van der Waals surface area contributed by atoms with Crippen LogP contribution in [0.2, 0.25) is 0 Å². The smallest absolute Gasteiger partial charge is 0.224 e. The molecule has 0 aliphatic heterocycles. The van der Waals surface area contributed by atoms with E-state index in [2.05, 4.69) is 12.2 Å². The molecule has 22 heavy (non-hydrogen) atoms. The fourth-order valence-electron chi connectivity index (χ4n) is 1.75. The summed E-state index contributed by atoms with van der Waals surface area (Å²) in [5.74, 6) is 0.718. The average Bonchev–Trinajstić information content (AvgIpc) is 2.53. The second-order valence-electron chi connectivity index (χ2n) is 5.19. The molecule has 0 bridgehead atoms. The highest BCUT2D eigenvalue weighted by molar-refractivity contribution is 5.90. The summed E-state index contributed by atoms with van der Waals surface area (Å²) in [5.41, 5.74) is 0.752. The predicted octanol–water partition coefficient (Wildman–Crippen LogP) is 2.98. The van der Waals surface area contributed by atoms with E-state index in [1.807, 2.05) is 19.1 Å². The van der Waals surface area contributed by atoms with Gasteiger partial charge in [0.25, 0.3) is 0 Å². The van der Waals surface area contributed by atoms with Crippen molar-refractivity contribution in [2.45, 2.75) is 45.6 Å². The van der Waals surface area contributed by atoms with Crippen LogP contribution in [-0.4, -0.2) is 36.9 Å². The zero-order chi connectivity index (χ0) is 16.2. The number of benzene rings is 1. The molecule has 0 saturated carbocycles. The first-order valence-corrected chi connectivity index (χ1v) is 7.91. The van der Waals surface area contributed by atoms with Crippen LogP contribution < -0.4 is 10.1 Å². The number of hydrogen-bond acceptors (Lipinski definition) is 4. The summed E-state index contributed by atoms with van der Waals surface area (Å²) in [6, 6.07) is 7.22. The van der Waals surface area contributed by atoms with Crippen molar-refractivity contribution in [3.8, 4) is 5.75 Å². The van der Waals surface area contributed by atoms with Crippen LogP contribution in [0.4, 0.5) is 5.69 Å². The Morgan fingerprint density at radius 2 is 1.95 bits per heavy atom. The number of ether oxygens (including phenoxy) is 2. The Kier molecular flexibility index (Phi) is 9.26. The number of carbonyl (C=O) groups is 1. The minimum Gasteiger partial charge on any atom is -0.494 e. The van der Waals surface area contributed by atoms with Crippen molar-refractivity contribution >= 4 is 11.6 Å². The van der Waals surface area contributed by atoms with Crippen LogP contribution in [0, 0.1) is 0 Å². The van der Waals surface area contributed by atoms with E-state index in [4.69, 9.17) is 14.6 Å². The van der Waals surface area contributed by atoms with E-state index >= 15 is 0 Å². The number of aliphatic hydroxyl groups excluding tert-OH is 1. The Morgan fingerprint density at radius 1 is 1.23 bits per heavy atom. The molecule has 0 fully saturated rings. The Hall–Kier alpha value is -1.59. The van der Waals surface area contributed by atoms with E-state index in [1.165, 1.54) is 0 Å². The van der Waals surface area contributed by atoms with Crippen molar-refractivity contribution < 1.29 is 19.4 Å². The first-order valence-electron chi connectivity index (χ1n) is 7.91. The molecule has 5 heteroatoms. The fourth-order valence-corrected chi connectivity index (χ4v) is 1.75. The molecule has 1 atom stereocenters. The van der Waals surface area contributed by atoms with Crippen molar-refractivity contribution in [1.82, 2.24) is 0 Å². The van der Waals surface area contributed by atoms with Crippen LogP contribution in [0.15, 0.2) is 24.3 Å². The third kappa shape index (κ3) is 8.00. The van der Waals surface area contributed by atoms with Gasteiger partial charge in [0.05, 0.1) is 12.7 Å². The maximum absolute atomic E-state index is 11.8. The Morgan fingerprint density at radius 3 is 2.59 bits per heavy atom. The van der Waals surface area contributed by atoms with Gasteiger partial charge in [-0.15, -0.1) is 0 Å². The Labute approximate surface area is 132 Å². The zero-order valence-corrected chi connectivity index (χ0v) is 13.5. The van der Waals surface area contributed by atoms with Gasteiger partial charge >= 0.3 is 0 Å². The number of amides is 1. The van der Waals surface area contributed by atoms with Gasteiger partial charge in [-0.3, -0.25) is 4.79 Å². The molecule has 5 nitrogen and oxygen atoms in total. The highest BCUT2D eigenvalue weighted by Gasteiger charge is 2.04. The molecule has 0 spiro atoms. The molecule has 1 aromatic carbocycles. The van der Waals surface area contributed by atoms with Gasteiger partial charge in [0, 0.05) is 31.7 Å². The highest BCUT2D eigenvalue weighted by Crippen LogP contribution is 2.16. The van der Waals surface area contributed by atoms with Crippen LogP contribution in [0.3, 0.4) is 0 Å². The van der Waals surface area contributed by atoms with E-state index in [0.717, 1.165) is 24.3 Å². The number of carbonyl (C=O) groups excluding carboxylic acids is 1. The van der Waals surface area contributed by atoms with Crippen LogP contribution in [0.1, 0.15) is 39.5 Å². The lowest BCUT2D eigenvalue weighted by molar-refractivity contribution is -0.116. The van der Waals surface area contributed by atoms with E-state index < -0.39 is 0 Å². The van der Waals surface area contributed by atoms with Gasteiger partial charge in [-0.1, -0.05) is 6.92 Å². The van der Waals surface area contributed by atoms with Gasteiger partial charge in [0.1, 0.15) is 5.75 Å². The lowest BCUT2D eigenvalue weighted by Gasteiger charge is -2.10. The molecule has 1 aromatic rings. The van der Waals surface area contributed by atoms with Crippen LogP contribution >= 0.6 is 0 Å². The van der Waals surface area contributed by atoms with Crippen LogP contribution in [-0.2, 0) is 9.53 Å². The summed E-state index contributed by atoms with van der Waals surface area (Å²) >= 11 is 0. The standard InChI is InChI=1S/C17H27NO4/c1-3-14(2)21-12-4-6-17(20)18-15-7-9-16(10-8-15)22-13-5-11-19/h7-10,14,19H,3-6,11-13H2,1-2H3,(H,18,20). The summed E-state index contributed by atoms with van der Waals surface area (Å²) in [6.45, 7) is 5.33. The molecule has 1 unspecified atom stereocenters. The average molecular weight is 309 g/mol. The minimum atomic E-state index is -0.0123. The molecule has 1 amide bonds. The summed E-state index contributed by atoms with van der Waals surface area (Å²) in [7, 11) is 0. The lowest BCUT2D eigenvalue weighted by atomic mass is 10.2. The Bertz CT molecular complexity index is 419. The third-order valence-corrected chi connectivity index (χ3v) is 3.23. The zero-order valence-electron chi connectivity index (χ0n) is 13.5. The number of anilines is 1. The predicted molar refractivity (Wildman–Crippen MR) is 87.2 cm³/mol. The molecule has 0 aromatic heterocycles. The van der Waals surface area contributed by atoms with Crippen molar-refractivity contribution in [1.29, 1.82) is 0 Å². The van der Waals surface area contributed by atoms with Crippen molar-refractivity contribution in [2.24, 2.45) is 0 Å². The molecule has 0 radical (unpaired) electrons. The lowest BCUT2D eigenvalue weighted by Crippen LogP contribution is -2.14. The van der Waals surface area contributed by atoms with Gasteiger partial charge in [-0.2, -0.15) is 0 Å². The maximum Gasteiger partial charge on any atom is 0.224 e. The molecule has 0 saturated heterocycles. The molecule has 0 aliphatic rings. The summed E-state index contributed by atoms with van der Waals surface area (Å²) in [6.07, 6.45) is 3.02. The van der Waals surface area contributed by atoms with Crippen molar-refractivity contribution in [3.63, 3.8) is 0 Å². The van der Waals surface area contributed by atoms with Gasteiger partial charge in [0.2, 0.25) is 5.91 Å². The monoisotopic (exact) mass is 309 g/mol. The van der Waals surface area contributed by atoms with Crippen molar-refractivity contribution in [3.05, 3.63) is 24.3 Å². The summed E-state index contributed by atoms with van der Waals surface area (Å²) in [5, 5.41) is 11.5. The van der Waals surface area contributed by atoms with E-state index in [0.29, 0.717) is 26.1 Å². The number of hydrogen-bond donors (Lipinski definition) is 2. The molecular formula is C17H27NO4. The third-order valence-electron chi connectivity index (χ3n) is 3.23. The molecule has 2 N–H and O–H groups in total. The normalized spacial score (nSPS) is 12.0. The fraction of sp³-hybridized carbons (Fsp3) is 0.588. The van der Waals surface area contributed by atoms with Crippen LogP contribution in [0.5, 0.6) is 5.75 Å². The van der Waals surface area contributed by atoms with E-state index in [1.54, 1.807) is 12.1 Å².